The quantitative estimate of drug-likeness (QED) is 0.584. The van der Waals surface area contributed by atoms with Crippen molar-refractivity contribution in [2.24, 2.45) is 0 Å². The lowest BCUT2D eigenvalue weighted by atomic mass is 10.3. The Balaban J connectivity index is 0.00000220. The van der Waals surface area contributed by atoms with Crippen LogP contribution < -0.4 is 9.05 Å². The molecule has 3 radical (unpaired) electrons. The first-order valence-electron chi connectivity index (χ1n) is 5.73. The molecular weight excluding hydrogens is 290 g/mol. The van der Waals surface area contributed by atoms with Crippen LogP contribution >= 0.6 is 7.94 Å². The smallest absolute Gasteiger partial charge is 0.508 e. The van der Waals surface area contributed by atoms with Gasteiger partial charge >= 0.3 is 7.94 Å². The van der Waals surface area contributed by atoms with E-state index in [1.807, 2.05) is 0 Å². The van der Waals surface area contributed by atoms with Gasteiger partial charge in [-0.15, -0.1) is 0 Å². The molecular formula is C14H14BO5P+. The molecule has 2 aromatic carbocycles. The van der Waals surface area contributed by atoms with Gasteiger partial charge in [0, 0.05) is 8.41 Å². The van der Waals surface area contributed by atoms with E-state index in [2.05, 4.69) is 6.58 Å². The van der Waals surface area contributed by atoms with Crippen molar-refractivity contribution in [1.29, 1.82) is 0 Å². The van der Waals surface area contributed by atoms with E-state index < -0.39 is 7.94 Å². The van der Waals surface area contributed by atoms with Gasteiger partial charge in [-0.1, -0.05) is 6.58 Å². The normalized spacial score (nSPS) is 10.3. The van der Waals surface area contributed by atoms with Gasteiger partial charge in [-0.2, -0.15) is 4.89 Å². The van der Waals surface area contributed by atoms with E-state index in [-0.39, 0.29) is 19.9 Å². The van der Waals surface area contributed by atoms with Crippen LogP contribution in [0.2, 0.25) is 0 Å². The van der Waals surface area contributed by atoms with Crippen LogP contribution in [-0.2, 0) is 0 Å². The molecule has 0 spiro atoms. The summed E-state index contributed by atoms with van der Waals surface area (Å²) >= 11 is 0. The first-order chi connectivity index (χ1) is 9.50. The van der Waals surface area contributed by atoms with Crippen LogP contribution in [0.3, 0.4) is 0 Å². The van der Waals surface area contributed by atoms with Gasteiger partial charge < -0.3 is 10.2 Å². The Morgan fingerprint density at radius 3 is 1.43 bits per heavy atom. The van der Waals surface area contributed by atoms with Crippen molar-refractivity contribution in [3.05, 3.63) is 60.9 Å². The molecule has 7 heteroatoms. The summed E-state index contributed by atoms with van der Waals surface area (Å²) in [4.78, 5) is 10.3. The summed E-state index contributed by atoms with van der Waals surface area (Å²) in [5.74, 6) is 2.08. The first-order valence-corrected chi connectivity index (χ1v) is 7.38. The van der Waals surface area contributed by atoms with Crippen LogP contribution in [0.5, 0.6) is 23.0 Å². The predicted molar refractivity (Wildman–Crippen MR) is 82.6 cm³/mol. The summed E-state index contributed by atoms with van der Waals surface area (Å²) in [5.41, 5.74) is 0. The Morgan fingerprint density at radius 1 is 0.810 bits per heavy atom. The number of phenolic OH excluding ortho intramolecular Hbond substituents is 2. The third-order valence-electron chi connectivity index (χ3n) is 2.38. The van der Waals surface area contributed by atoms with Crippen molar-refractivity contribution in [2.45, 2.75) is 0 Å². The lowest BCUT2D eigenvalue weighted by molar-refractivity contribution is 0.360. The van der Waals surface area contributed by atoms with E-state index in [0.29, 0.717) is 11.5 Å². The van der Waals surface area contributed by atoms with Gasteiger partial charge in [0.25, 0.3) is 0 Å². The molecule has 3 N–H and O–H groups in total. The summed E-state index contributed by atoms with van der Waals surface area (Å²) in [6.45, 7) is 3.51. The highest BCUT2D eigenvalue weighted by Crippen LogP contribution is 2.57. The molecule has 0 saturated carbocycles. The fourth-order valence-electron chi connectivity index (χ4n) is 1.41. The Bertz CT molecular complexity index is 538. The molecule has 0 unspecified atom stereocenters. The lowest BCUT2D eigenvalue weighted by Crippen LogP contribution is -2.05. The highest BCUT2D eigenvalue weighted by Gasteiger charge is 2.40. The molecule has 0 aliphatic heterocycles. The van der Waals surface area contributed by atoms with Crippen molar-refractivity contribution in [1.82, 2.24) is 0 Å². The maximum Gasteiger partial charge on any atom is 0.524 e. The van der Waals surface area contributed by atoms with Gasteiger partial charge in [-0.3, -0.25) is 9.05 Å². The first kappa shape index (κ1) is 16.9. The van der Waals surface area contributed by atoms with Gasteiger partial charge in [0.15, 0.2) is 17.3 Å². The Hall–Kier alpha value is -2.17. The number of benzene rings is 2. The van der Waals surface area contributed by atoms with Crippen LogP contribution in [-0.4, -0.2) is 23.5 Å². The summed E-state index contributed by atoms with van der Waals surface area (Å²) in [7, 11) is -3.32. The fourth-order valence-corrected chi connectivity index (χ4v) is 2.44. The zero-order valence-corrected chi connectivity index (χ0v) is 12.0. The minimum atomic E-state index is -3.32. The molecule has 0 heterocycles. The van der Waals surface area contributed by atoms with E-state index in [4.69, 9.17) is 9.05 Å². The van der Waals surface area contributed by atoms with Crippen molar-refractivity contribution in [3.63, 3.8) is 0 Å². The van der Waals surface area contributed by atoms with Crippen molar-refractivity contribution in [2.75, 3.05) is 0 Å². The maximum atomic E-state index is 10.3. The average molecular weight is 304 g/mol. The summed E-state index contributed by atoms with van der Waals surface area (Å²) in [5, 5.41) is 18.4. The zero-order valence-electron chi connectivity index (χ0n) is 11.1. The molecule has 0 amide bonds. The number of aromatic hydroxyl groups is 2. The third kappa shape index (κ3) is 4.70. The van der Waals surface area contributed by atoms with Crippen molar-refractivity contribution < 1.29 is 24.2 Å². The number of phenols is 2. The second-order valence-electron chi connectivity index (χ2n) is 3.92. The van der Waals surface area contributed by atoms with E-state index in [1.165, 1.54) is 54.3 Å². The average Bonchev–Trinajstić information content (AvgIpc) is 2.44. The number of hydrogen-bond acceptors (Lipinski definition) is 5. The van der Waals surface area contributed by atoms with Crippen molar-refractivity contribution in [3.8, 4) is 23.0 Å². The molecule has 0 aliphatic carbocycles. The third-order valence-corrected chi connectivity index (χ3v) is 3.78. The zero-order chi connectivity index (χ0) is 14.6. The van der Waals surface area contributed by atoms with Gasteiger partial charge in [0.05, 0.1) is 0 Å². The Morgan fingerprint density at radius 2 is 1.14 bits per heavy atom. The monoisotopic (exact) mass is 304 g/mol. The van der Waals surface area contributed by atoms with Crippen LogP contribution in [0, 0.1) is 0 Å². The second-order valence-corrected chi connectivity index (χ2v) is 5.78. The van der Waals surface area contributed by atoms with E-state index in [9.17, 15) is 15.1 Å². The molecule has 21 heavy (non-hydrogen) atoms. The predicted octanol–water partition coefficient (Wildman–Crippen LogP) is 3.07. The van der Waals surface area contributed by atoms with Crippen LogP contribution in [0.15, 0.2) is 60.9 Å². The number of hydrogen-bond donors (Lipinski definition) is 3. The number of rotatable bonds is 5. The standard InChI is InChI=1S/C14H13O5P.B/c1-2-20(17,18-13-7-3-11(15)4-8-13)19-14-9-5-12(16)6-10-14;/h2-10,17H,1H2,(H-,15,16);/p+1. The SMILES string of the molecule is C=C[P+](O)(Oc1ccc(O)cc1)Oc1ccc(O)cc1.[B]. The second kappa shape index (κ2) is 7.02. The van der Waals surface area contributed by atoms with Crippen molar-refractivity contribution >= 4 is 16.4 Å². The minimum absolute atomic E-state index is 0. The lowest BCUT2D eigenvalue weighted by Gasteiger charge is -2.14. The minimum Gasteiger partial charge on any atom is -0.508 e. The highest BCUT2D eigenvalue weighted by atomic mass is 31.2. The highest BCUT2D eigenvalue weighted by molar-refractivity contribution is 7.64. The molecule has 0 atom stereocenters. The van der Waals surface area contributed by atoms with E-state index >= 15 is 0 Å². The topological polar surface area (TPSA) is 79.2 Å². The molecule has 5 nitrogen and oxygen atoms in total. The Kier molecular flexibility index (Phi) is 5.64. The van der Waals surface area contributed by atoms with E-state index in [0.717, 1.165) is 0 Å². The van der Waals surface area contributed by atoms with Gasteiger partial charge in [-0.25, -0.2) is 0 Å². The summed E-state index contributed by atoms with van der Waals surface area (Å²) in [6, 6.07) is 11.8. The van der Waals surface area contributed by atoms with Crippen LogP contribution in [0.25, 0.3) is 0 Å². The molecule has 0 aromatic heterocycles. The molecule has 0 aliphatic rings. The summed E-state index contributed by atoms with van der Waals surface area (Å²) < 4.78 is 10.8. The largest absolute Gasteiger partial charge is 0.524 e. The molecule has 0 bridgehead atoms. The molecule has 0 saturated heterocycles. The van der Waals surface area contributed by atoms with Gasteiger partial charge in [0.1, 0.15) is 11.5 Å². The van der Waals surface area contributed by atoms with Crippen LogP contribution in [0.1, 0.15) is 0 Å². The molecule has 107 valence electrons. The molecule has 2 rings (SSSR count). The molecule has 2 aromatic rings. The molecule has 0 fully saturated rings. The van der Waals surface area contributed by atoms with Gasteiger partial charge in [-0.05, 0) is 48.5 Å². The summed E-state index contributed by atoms with van der Waals surface area (Å²) in [6.07, 6.45) is 0. The Labute approximate surface area is 125 Å². The van der Waals surface area contributed by atoms with E-state index in [1.54, 1.807) is 0 Å². The maximum absolute atomic E-state index is 10.3. The van der Waals surface area contributed by atoms with Gasteiger partial charge in [0.2, 0.25) is 0 Å². The fraction of sp³-hybridized carbons (Fsp3) is 0. The van der Waals surface area contributed by atoms with Crippen LogP contribution in [0.4, 0.5) is 0 Å².